The Morgan fingerprint density at radius 2 is 2.12 bits per heavy atom. The number of unbranched alkanes of at least 4 members (excludes halogenated alkanes) is 1. The summed E-state index contributed by atoms with van der Waals surface area (Å²) in [6, 6.07) is 6.94. The predicted octanol–water partition coefficient (Wildman–Crippen LogP) is 3.75. The van der Waals surface area contributed by atoms with E-state index in [-0.39, 0.29) is 5.91 Å². The van der Waals surface area contributed by atoms with Crippen molar-refractivity contribution in [2.45, 2.75) is 19.8 Å². The van der Waals surface area contributed by atoms with Crippen molar-refractivity contribution < 1.29 is 9.53 Å². The van der Waals surface area contributed by atoms with Crippen molar-refractivity contribution >= 4 is 29.0 Å². The molecule has 1 aromatic carbocycles. The molecular formula is C17H21ClN4O2. The summed E-state index contributed by atoms with van der Waals surface area (Å²) in [5, 5.41) is 3.60. The van der Waals surface area contributed by atoms with Gasteiger partial charge in [-0.2, -0.15) is 0 Å². The van der Waals surface area contributed by atoms with Crippen LogP contribution in [0.5, 0.6) is 5.75 Å². The Kier molecular flexibility index (Phi) is 6.37. The van der Waals surface area contributed by atoms with Gasteiger partial charge >= 0.3 is 0 Å². The Bertz CT molecular complexity index is 709. The summed E-state index contributed by atoms with van der Waals surface area (Å²) in [5.41, 5.74) is 1.10. The number of amides is 1. The molecule has 24 heavy (non-hydrogen) atoms. The summed E-state index contributed by atoms with van der Waals surface area (Å²) in [6.45, 7) is 2.79. The zero-order chi connectivity index (χ0) is 17.5. The molecule has 128 valence electrons. The number of rotatable bonds is 7. The molecule has 0 fully saturated rings. The van der Waals surface area contributed by atoms with Crippen molar-refractivity contribution in [3.63, 3.8) is 0 Å². The van der Waals surface area contributed by atoms with E-state index in [0.717, 1.165) is 18.5 Å². The van der Waals surface area contributed by atoms with Gasteiger partial charge in [0.2, 0.25) is 0 Å². The molecule has 1 N–H and O–H groups in total. The van der Waals surface area contributed by atoms with Gasteiger partial charge in [0.25, 0.3) is 5.91 Å². The van der Waals surface area contributed by atoms with E-state index in [0.29, 0.717) is 28.8 Å². The molecule has 0 aliphatic heterocycles. The van der Waals surface area contributed by atoms with Crippen molar-refractivity contribution in [1.29, 1.82) is 0 Å². The van der Waals surface area contributed by atoms with E-state index in [1.165, 1.54) is 6.33 Å². The summed E-state index contributed by atoms with van der Waals surface area (Å²) >= 11 is 6.11. The minimum absolute atomic E-state index is 0.123. The van der Waals surface area contributed by atoms with Crippen molar-refractivity contribution in [1.82, 2.24) is 14.9 Å². The lowest BCUT2D eigenvalue weighted by Gasteiger charge is -2.16. The van der Waals surface area contributed by atoms with Crippen LogP contribution in [0.2, 0.25) is 5.02 Å². The summed E-state index contributed by atoms with van der Waals surface area (Å²) in [6.07, 6.45) is 3.36. The molecule has 0 aliphatic carbocycles. The first-order valence-electron chi connectivity index (χ1n) is 7.73. The number of hydrogen-bond acceptors (Lipinski definition) is 5. The largest absolute Gasteiger partial charge is 0.495 e. The zero-order valence-electron chi connectivity index (χ0n) is 14.0. The van der Waals surface area contributed by atoms with Gasteiger partial charge in [-0.25, -0.2) is 9.97 Å². The monoisotopic (exact) mass is 348 g/mol. The fourth-order valence-electron chi connectivity index (χ4n) is 2.13. The van der Waals surface area contributed by atoms with Crippen molar-refractivity contribution in [2.75, 3.05) is 26.0 Å². The first kappa shape index (κ1) is 18.0. The molecule has 1 heterocycles. The molecule has 1 aromatic heterocycles. The van der Waals surface area contributed by atoms with Crippen LogP contribution in [0.3, 0.4) is 0 Å². The smallest absolute Gasteiger partial charge is 0.272 e. The SMILES string of the molecule is CCCCN(C)C(=O)c1cc(Nc2ccc(OC)c(Cl)c2)ncn1. The first-order chi connectivity index (χ1) is 11.5. The standard InChI is InChI=1S/C17H21ClN4O2/c1-4-5-8-22(2)17(23)14-10-16(20-11-19-14)21-12-6-7-15(24-3)13(18)9-12/h6-7,9-11H,4-5,8H2,1-3H3,(H,19,20,21). The Hall–Kier alpha value is -2.34. The molecule has 0 bridgehead atoms. The lowest BCUT2D eigenvalue weighted by atomic mass is 10.2. The lowest BCUT2D eigenvalue weighted by molar-refractivity contribution is 0.0787. The molecule has 7 heteroatoms. The van der Waals surface area contributed by atoms with E-state index in [1.807, 2.05) is 6.07 Å². The minimum atomic E-state index is -0.123. The van der Waals surface area contributed by atoms with Gasteiger partial charge in [-0.15, -0.1) is 0 Å². The number of halogens is 1. The second kappa shape index (κ2) is 8.49. The average Bonchev–Trinajstić information content (AvgIpc) is 2.59. The number of ether oxygens (including phenoxy) is 1. The average molecular weight is 349 g/mol. The fraction of sp³-hybridized carbons (Fsp3) is 0.353. The maximum atomic E-state index is 12.4. The van der Waals surface area contributed by atoms with Gasteiger partial charge in [-0.3, -0.25) is 4.79 Å². The number of aromatic nitrogens is 2. The van der Waals surface area contributed by atoms with Gasteiger partial charge in [-0.05, 0) is 24.6 Å². The highest BCUT2D eigenvalue weighted by molar-refractivity contribution is 6.32. The minimum Gasteiger partial charge on any atom is -0.495 e. The highest BCUT2D eigenvalue weighted by Gasteiger charge is 2.14. The van der Waals surface area contributed by atoms with E-state index in [9.17, 15) is 4.79 Å². The van der Waals surface area contributed by atoms with Crippen LogP contribution in [0.25, 0.3) is 0 Å². The number of benzene rings is 1. The maximum Gasteiger partial charge on any atom is 0.272 e. The van der Waals surface area contributed by atoms with E-state index >= 15 is 0 Å². The summed E-state index contributed by atoms with van der Waals surface area (Å²) in [7, 11) is 3.34. The number of methoxy groups -OCH3 is 1. The number of nitrogens with one attached hydrogen (secondary N) is 1. The maximum absolute atomic E-state index is 12.4. The van der Waals surface area contributed by atoms with Crippen LogP contribution in [-0.2, 0) is 0 Å². The topological polar surface area (TPSA) is 67.4 Å². The van der Waals surface area contributed by atoms with Gasteiger partial charge < -0.3 is 15.0 Å². The van der Waals surface area contributed by atoms with Crippen LogP contribution in [0, 0.1) is 0 Å². The molecule has 0 spiro atoms. The lowest BCUT2D eigenvalue weighted by Crippen LogP contribution is -2.28. The van der Waals surface area contributed by atoms with E-state index < -0.39 is 0 Å². The summed E-state index contributed by atoms with van der Waals surface area (Å²) < 4.78 is 5.12. The molecule has 2 aromatic rings. The normalized spacial score (nSPS) is 10.3. The highest BCUT2D eigenvalue weighted by Crippen LogP contribution is 2.28. The molecule has 1 amide bonds. The van der Waals surface area contributed by atoms with Crippen LogP contribution in [-0.4, -0.2) is 41.5 Å². The molecule has 0 unspecified atom stereocenters. The fourth-order valence-corrected chi connectivity index (χ4v) is 2.38. The third kappa shape index (κ3) is 4.58. The van der Waals surface area contributed by atoms with Crippen molar-refractivity contribution in [3.8, 4) is 5.75 Å². The van der Waals surface area contributed by atoms with Gasteiger partial charge in [0.1, 0.15) is 23.6 Å². The molecule has 0 saturated carbocycles. The van der Waals surface area contributed by atoms with E-state index in [1.54, 1.807) is 37.3 Å². The second-order valence-corrected chi connectivity index (χ2v) is 5.75. The molecule has 0 atom stereocenters. The number of carbonyl (C=O) groups is 1. The van der Waals surface area contributed by atoms with Crippen molar-refractivity contribution in [3.05, 3.63) is 41.3 Å². The van der Waals surface area contributed by atoms with Gasteiger partial charge in [0.15, 0.2) is 0 Å². The molecule has 0 aliphatic rings. The van der Waals surface area contributed by atoms with Crippen LogP contribution in [0.4, 0.5) is 11.5 Å². The predicted molar refractivity (Wildman–Crippen MR) is 95.2 cm³/mol. The molecule has 2 rings (SSSR count). The van der Waals surface area contributed by atoms with Crippen LogP contribution < -0.4 is 10.1 Å². The number of nitrogens with zero attached hydrogens (tertiary/aromatic N) is 3. The van der Waals surface area contributed by atoms with Gasteiger partial charge in [0, 0.05) is 25.3 Å². The Morgan fingerprint density at radius 1 is 1.33 bits per heavy atom. The van der Waals surface area contributed by atoms with Crippen LogP contribution >= 0.6 is 11.6 Å². The van der Waals surface area contributed by atoms with Gasteiger partial charge in [-0.1, -0.05) is 24.9 Å². The quantitative estimate of drug-likeness (QED) is 0.825. The van der Waals surface area contributed by atoms with Gasteiger partial charge in [0.05, 0.1) is 12.1 Å². The van der Waals surface area contributed by atoms with Crippen molar-refractivity contribution in [2.24, 2.45) is 0 Å². The van der Waals surface area contributed by atoms with Crippen LogP contribution in [0.15, 0.2) is 30.6 Å². The number of hydrogen-bond donors (Lipinski definition) is 1. The van der Waals surface area contributed by atoms with Crippen LogP contribution in [0.1, 0.15) is 30.3 Å². The summed E-state index contributed by atoms with van der Waals surface area (Å²) in [4.78, 5) is 22.2. The zero-order valence-corrected chi connectivity index (χ0v) is 14.8. The Balaban J connectivity index is 2.12. The highest BCUT2D eigenvalue weighted by atomic mass is 35.5. The molecule has 0 saturated heterocycles. The molecule has 0 radical (unpaired) electrons. The molecule has 6 nitrogen and oxygen atoms in total. The second-order valence-electron chi connectivity index (χ2n) is 5.34. The first-order valence-corrected chi connectivity index (χ1v) is 8.11. The molecular weight excluding hydrogens is 328 g/mol. The third-order valence-corrected chi connectivity index (χ3v) is 3.80. The Morgan fingerprint density at radius 3 is 2.79 bits per heavy atom. The third-order valence-electron chi connectivity index (χ3n) is 3.50. The number of carbonyl (C=O) groups excluding carboxylic acids is 1. The number of anilines is 2. The van der Waals surface area contributed by atoms with E-state index in [4.69, 9.17) is 16.3 Å². The van der Waals surface area contributed by atoms with E-state index in [2.05, 4.69) is 22.2 Å². The summed E-state index contributed by atoms with van der Waals surface area (Å²) in [5.74, 6) is 0.999. The Labute approximate surface area is 146 Å².